The van der Waals surface area contributed by atoms with Crippen molar-refractivity contribution in [3.8, 4) is 0 Å². The number of benzene rings is 2. The van der Waals surface area contributed by atoms with E-state index in [0.717, 1.165) is 11.1 Å². The summed E-state index contributed by atoms with van der Waals surface area (Å²) in [5.74, 6) is -0.710. The van der Waals surface area contributed by atoms with Crippen molar-refractivity contribution in [3.05, 3.63) is 81.0 Å². The number of nitrogens with one attached hydrogen (secondary N) is 1. The molecule has 0 fully saturated rings. The summed E-state index contributed by atoms with van der Waals surface area (Å²) >= 11 is 16.0. The Morgan fingerprint density at radius 2 is 1.94 bits per heavy atom. The summed E-state index contributed by atoms with van der Waals surface area (Å²) in [5, 5.41) is 1.00. The zero-order chi connectivity index (χ0) is 24.0. The number of carbonyl (C=O) groups excluding carboxylic acids is 2. The van der Waals surface area contributed by atoms with E-state index in [1.807, 2.05) is 55.9 Å². The van der Waals surface area contributed by atoms with Gasteiger partial charge in [0, 0.05) is 41.0 Å². The average molecular weight is 640 g/mol. The molecule has 0 bridgehead atoms. The standard InChI is InChI=1S/C21H21Cl2IN3O4PS/c1-3-30-21(29)17-12-27(11-13-4-6-14(7-5-13)20(28)25-31-32-24)33-26(2)19(17)16-9-8-15(22)10-18(16)23/h4-10,12,19,32H,3,11H2,1-2H3,(H,25,28). The van der Waals surface area contributed by atoms with Crippen molar-refractivity contribution < 1.29 is 19.0 Å². The topological polar surface area (TPSA) is 71.1 Å². The van der Waals surface area contributed by atoms with E-state index >= 15 is 0 Å². The van der Waals surface area contributed by atoms with Crippen LogP contribution in [-0.2, 0) is 20.7 Å². The van der Waals surface area contributed by atoms with Gasteiger partial charge in [-0.05, 0) is 64.4 Å². The van der Waals surface area contributed by atoms with Gasteiger partial charge < -0.3 is 9.04 Å². The maximum absolute atomic E-state index is 12.8. The van der Waals surface area contributed by atoms with Crippen LogP contribution in [0.5, 0.6) is 0 Å². The lowest BCUT2D eigenvalue weighted by molar-refractivity contribution is -0.139. The molecule has 33 heavy (non-hydrogen) atoms. The van der Waals surface area contributed by atoms with Crippen LogP contribution in [0.1, 0.15) is 34.5 Å². The summed E-state index contributed by atoms with van der Waals surface area (Å²) in [6.07, 6.45) is 1.79. The molecule has 176 valence electrons. The lowest BCUT2D eigenvalue weighted by Crippen LogP contribution is -2.33. The molecule has 1 heterocycles. The molecular weight excluding hydrogens is 619 g/mol. The van der Waals surface area contributed by atoms with Gasteiger partial charge in [-0.25, -0.2) is 19.2 Å². The second-order valence-corrected chi connectivity index (χ2v) is 10.6. The van der Waals surface area contributed by atoms with Gasteiger partial charge in [-0.1, -0.05) is 41.4 Å². The number of esters is 1. The minimum atomic E-state index is -0.409. The van der Waals surface area contributed by atoms with Crippen molar-refractivity contribution in [3.63, 3.8) is 0 Å². The van der Waals surface area contributed by atoms with E-state index in [1.165, 1.54) is 12.1 Å². The lowest BCUT2D eigenvalue weighted by atomic mass is 9.99. The second-order valence-electron chi connectivity index (χ2n) is 6.88. The first-order chi connectivity index (χ1) is 15.8. The van der Waals surface area contributed by atoms with E-state index in [0.29, 0.717) is 27.7 Å². The number of hydroxylamine groups is 1. The van der Waals surface area contributed by atoms with E-state index < -0.39 is 12.0 Å². The fourth-order valence-electron chi connectivity index (χ4n) is 3.26. The van der Waals surface area contributed by atoms with Gasteiger partial charge in [-0.3, -0.25) is 4.79 Å². The predicted molar refractivity (Wildman–Crippen MR) is 142 cm³/mol. The highest BCUT2D eigenvalue weighted by Crippen LogP contribution is 2.42. The van der Waals surface area contributed by atoms with Crippen LogP contribution in [0.25, 0.3) is 0 Å². The zero-order valence-electron chi connectivity index (χ0n) is 17.7. The van der Waals surface area contributed by atoms with Crippen LogP contribution >= 0.6 is 63.8 Å². The van der Waals surface area contributed by atoms with Crippen LogP contribution in [0, 0.1) is 0 Å². The molecule has 3 rings (SSSR count). The van der Waals surface area contributed by atoms with Crippen molar-refractivity contribution in [2.45, 2.75) is 19.5 Å². The molecule has 2 aromatic rings. The van der Waals surface area contributed by atoms with Gasteiger partial charge in [0.25, 0.3) is 5.91 Å². The molecule has 7 nitrogen and oxygen atoms in total. The molecule has 1 amide bonds. The van der Waals surface area contributed by atoms with Gasteiger partial charge in [-0.15, -0.1) is 0 Å². The molecule has 0 saturated carbocycles. The first-order valence-electron chi connectivity index (χ1n) is 9.76. The summed E-state index contributed by atoms with van der Waals surface area (Å²) in [4.78, 5) is 24.8. The summed E-state index contributed by atoms with van der Waals surface area (Å²) in [7, 11) is 1.89. The number of hydrogen-bond acceptors (Lipinski definition) is 7. The Labute approximate surface area is 221 Å². The van der Waals surface area contributed by atoms with E-state index in [4.69, 9.17) is 32.6 Å². The van der Waals surface area contributed by atoms with Crippen molar-refractivity contribution >= 4 is 75.7 Å². The van der Waals surface area contributed by atoms with Crippen molar-refractivity contribution in [2.75, 3.05) is 13.7 Å². The fraction of sp³-hybridized carbons (Fsp3) is 0.238. The molecule has 2 aromatic carbocycles. The third-order valence-electron chi connectivity index (χ3n) is 4.68. The van der Waals surface area contributed by atoms with Crippen molar-refractivity contribution in [1.29, 1.82) is 0 Å². The number of rotatable bonds is 8. The maximum Gasteiger partial charge on any atom is 0.337 e. The molecule has 0 aliphatic carbocycles. The lowest BCUT2D eigenvalue weighted by Gasteiger charge is -2.37. The first kappa shape index (κ1) is 26.5. The van der Waals surface area contributed by atoms with Crippen molar-refractivity contribution in [1.82, 2.24) is 14.1 Å². The van der Waals surface area contributed by atoms with Gasteiger partial charge in [0.2, 0.25) is 0 Å². The van der Waals surface area contributed by atoms with E-state index in [9.17, 15) is 9.59 Å². The Hall–Kier alpha value is -1.07. The third-order valence-corrected chi connectivity index (χ3v) is 6.99. The van der Waals surface area contributed by atoms with Crippen LogP contribution in [0.3, 0.4) is 0 Å². The smallest absolute Gasteiger partial charge is 0.337 e. The zero-order valence-corrected chi connectivity index (χ0v) is 23.2. The Bertz CT molecular complexity index is 1040. The number of nitrogens with zero attached hydrogens (tertiary/aromatic N) is 2. The number of amides is 1. The van der Waals surface area contributed by atoms with E-state index in [2.05, 4.69) is 5.48 Å². The number of ether oxygens (including phenoxy) is 1. The van der Waals surface area contributed by atoms with Gasteiger partial charge >= 0.3 is 5.97 Å². The number of halogens is 3. The van der Waals surface area contributed by atoms with Gasteiger partial charge in [0.05, 0.1) is 24.8 Å². The quantitative estimate of drug-likeness (QED) is 0.123. The van der Waals surface area contributed by atoms with Crippen LogP contribution in [0.15, 0.2) is 54.2 Å². The van der Waals surface area contributed by atoms with E-state index in [-0.39, 0.29) is 19.0 Å². The largest absolute Gasteiger partial charge is 0.463 e. The van der Waals surface area contributed by atoms with Crippen LogP contribution in [0.2, 0.25) is 10.0 Å². The molecule has 1 aliphatic rings. The summed E-state index contributed by atoms with van der Waals surface area (Å²) in [5.41, 5.74) is 5.07. The Morgan fingerprint density at radius 1 is 1.21 bits per heavy atom. The highest BCUT2D eigenvalue weighted by molar-refractivity contribution is 14.2. The molecule has 2 unspecified atom stereocenters. The molecular formula is C21H21Cl2IN3O4PS. The molecule has 1 aliphatic heterocycles. The van der Waals surface area contributed by atoms with E-state index in [1.54, 1.807) is 37.4 Å². The molecule has 1 N–H and O–H groups in total. The molecule has 0 radical (unpaired) electrons. The van der Waals surface area contributed by atoms with Crippen molar-refractivity contribution in [2.24, 2.45) is 0 Å². The molecule has 0 aromatic heterocycles. The van der Waals surface area contributed by atoms with Crippen LogP contribution < -0.4 is 5.48 Å². The number of carbonyl (C=O) groups is 2. The second kappa shape index (κ2) is 12.6. The predicted octanol–water partition coefficient (Wildman–Crippen LogP) is 6.10. The summed E-state index contributed by atoms with van der Waals surface area (Å²) < 4.78 is 14.2. The minimum absolute atomic E-state index is 0.139. The average Bonchev–Trinajstić information content (AvgIpc) is 2.78. The maximum atomic E-state index is 12.8. The molecule has 0 spiro atoms. The monoisotopic (exact) mass is 639 g/mol. The Balaban J connectivity index is 1.84. The van der Waals surface area contributed by atoms with Gasteiger partial charge in [0.1, 0.15) is 6.45 Å². The first-order valence-corrected chi connectivity index (χ1v) is 15.3. The minimum Gasteiger partial charge on any atom is -0.463 e. The fourth-order valence-corrected chi connectivity index (χ4v) is 5.26. The Morgan fingerprint density at radius 3 is 2.58 bits per heavy atom. The number of hydrogen-bond donors (Lipinski definition) is 1. The van der Waals surface area contributed by atoms with Crippen LogP contribution in [0.4, 0.5) is 0 Å². The van der Waals surface area contributed by atoms with Gasteiger partial charge in [0.15, 0.2) is 0 Å². The van der Waals surface area contributed by atoms with Crippen LogP contribution in [-0.4, -0.2) is 34.1 Å². The summed E-state index contributed by atoms with van der Waals surface area (Å²) in [6.45, 7) is 2.68. The molecule has 0 saturated heterocycles. The third kappa shape index (κ3) is 6.97. The van der Waals surface area contributed by atoms with Gasteiger partial charge in [-0.2, -0.15) is 0 Å². The summed E-state index contributed by atoms with van der Waals surface area (Å²) in [6, 6.07) is 12.0. The molecule has 2 atom stereocenters. The normalized spacial score (nSPS) is 16.7. The highest BCUT2D eigenvalue weighted by atomic mass is 127. The highest BCUT2D eigenvalue weighted by Gasteiger charge is 2.35. The Kier molecular flexibility index (Phi) is 10.1. The molecule has 12 heteroatoms. The SMILES string of the molecule is CCOC(=O)C1=CN(Cc2ccc(C(=O)NOPI)cc2)SN(C)C1c1ccc(Cl)cc1Cl. The number of likely N-dealkylation sites (N-methyl/N-ethyl adjacent to an activating group) is 1.